The molecule has 0 aliphatic heterocycles. The molecule has 4 rings (SSSR count). The molecule has 0 saturated heterocycles. The molecule has 0 saturated carbocycles. The van der Waals surface area contributed by atoms with E-state index in [-0.39, 0.29) is 10.8 Å². The molecule has 164 valence electrons. The number of furan rings is 1. The molecule has 32 heavy (non-hydrogen) atoms. The first-order valence-corrected chi connectivity index (χ1v) is 12.3. The van der Waals surface area contributed by atoms with Gasteiger partial charge in [-0.3, -0.25) is 9.52 Å². The number of amides is 1. The molecule has 8 heteroatoms. The molecule has 2 aromatic heterocycles. The van der Waals surface area contributed by atoms with Gasteiger partial charge in [0.1, 0.15) is 5.76 Å². The van der Waals surface area contributed by atoms with E-state index in [9.17, 15) is 13.2 Å². The van der Waals surface area contributed by atoms with Crippen LogP contribution in [0.4, 0.5) is 5.69 Å². The Balaban J connectivity index is 1.58. The highest BCUT2D eigenvalue weighted by molar-refractivity contribution is 7.92. The zero-order valence-corrected chi connectivity index (χ0v) is 19.0. The Labute approximate surface area is 191 Å². The maximum absolute atomic E-state index is 13.4. The number of hydrogen-bond acceptors (Lipinski definition) is 5. The number of thiophene rings is 1. The summed E-state index contributed by atoms with van der Waals surface area (Å²) in [5, 5.41) is 0. The van der Waals surface area contributed by atoms with Gasteiger partial charge in [-0.05, 0) is 61.5 Å². The van der Waals surface area contributed by atoms with Crippen molar-refractivity contribution in [3.8, 4) is 0 Å². The molecular weight excluding hydrogens is 444 g/mol. The lowest BCUT2D eigenvalue weighted by atomic mass is 10.1. The largest absolute Gasteiger partial charge is 0.467 e. The summed E-state index contributed by atoms with van der Waals surface area (Å²) in [6.07, 6.45) is 1.58. The van der Waals surface area contributed by atoms with Crippen molar-refractivity contribution in [3.63, 3.8) is 0 Å². The van der Waals surface area contributed by atoms with Crippen molar-refractivity contribution in [2.24, 2.45) is 0 Å². The first kappa shape index (κ1) is 21.9. The van der Waals surface area contributed by atoms with Crippen molar-refractivity contribution in [2.75, 3.05) is 4.72 Å². The quantitative estimate of drug-likeness (QED) is 0.382. The third-order valence-corrected chi connectivity index (χ3v) is 7.15. The number of nitrogens with one attached hydrogen (secondary N) is 1. The highest BCUT2D eigenvalue weighted by atomic mass is 32.2. The lowest BCUT2D eigenvalue weighted by Gasteiger charge is -2.21. The Morgan fingerprint density at radius 1 is 0.969 bits per heavy atom. The van der Waals surface area contributed by atoms with Gasteiger partial charge in [0.2, 0.25) is 0 Å². The molecular formula is C24H22N2O4S2. The summed E-state index contributed by atoms with van der Waals surface area (Å²) in [5.41, 5.74) is 0.711. The van der Waals surface area contributed by atoms with Crippen LogP contribution in [0.15, 0.2) is 94.4 Å². The number of rotatable bonds is 8. The normalized spacial score (nSPS) is 11.3. The summed E-state index contributed by atoms with van der Waals surface area (Å²) >= 11 is 1.63. The fourth-order valence-electron chi connectivity index (χ4n) is 3.26. The summed E-state index contributed by atoms with van der Waals surface area (Å²) in [4.78, 5) is 17.5. The first-order chi connectivity index (χ1) is 15.4. The standard InChI is InChI=1S/C24H22N2O4S2/c1-18-12-13-22(31-18)17-26(16-21-9-6-14-30-21)24(27)19-7-5-8-20(15-19)25-32(28,29)23-10-3-2-4-11-23/h2-15,25H,16-17H2,1H3. The van der Waals surface area contributed by atoms with Crippen LogP contribution in [0, 0.1) is 6.92 Å². The van der Waals surface area contributed by atoms with Gasteiger partial charge >= 0.3 is 0 Å². The molecule has 0 bridgehead atoms. The van der Waals surface area contributed by atoms with Gasteiger partial charge in [0.15, 0.2) is 0 Å². The van der Waals surface area contributed by atoms with E-state index in [2.05, 4.69) is 4.72 Å². The van der Waals surface area contributed by atoms with E-state index in [0.29, 0.717) is 30.1 Å². The molecule has 4 aromatic rings. The van der Waals surface area contributed by atoms with Crippen molar-refractivity contribution < 1.29 is 17.6 Å². The summed E-state index contributed by atoms with van der Waals surface area (Å²) in [7, 11) is -3.75. The Kier molecular flexibility index (Phi) is 6.43. The average Bonchev–Trinajstić information content (AvgIpc) is 3.45. The van der Waals surface area contributed by atoms with Gasteiger partial charge in [0.05, 0.1) is 24.2 Å². The van der Waals surface area contributed by atoms with Crippen LogP contribution in [0.25, 0.3) is 0 Å². The van der Waals surface area contributed by atoms with Crippen LogP contribution < -0.4 is 4.72 Å². The minimum absolute atomic E-state index is 0.157. The Hall–Kier alpha value is -3.36. The highest BCUT2D eigenvalue weighted by Crippen LogP contribution is 2.22. The Morgan fingerprint density at radius 2 is 1.78 bits per heavy atom. The van der Waals surface area contributed by atoms with Crippen molar-refractivity contribution >= 4 is 33.0 Å². The molecule has 0 unspecified atom stereocenters. The fourth-order valence-corrected chi connectivity index (χ4v) is 5.24. The predicted molar refractivity (Wildman–Crippen MR) is 125 cm³/mol. The highest BCUT2D eigenvalue weighted by Gasteiger charge is 2.20. The Morgan fingerprint density at radius 3 is 2.47 bits per heavy atom. The molecule has 0 radical (unpaired) electrons. The van der Waals surface area contributed by atoms with E-state index >= 15 is 0 Å². The second kappa shape index (κ2) is 9.42. The van der Waals surface area contributed by atoms with Gasteiger partial charge in [-0.25, -0.2) is 8.42 Å². The van der Waals surface area contributed by atoms with Crippen molar-refractivity contribution in [1.29, 1.82) is 0 Å². The molecule has 0 aliphatic carbocycles. The van der Waals surface area contributed by atoms with E-state index in [1.54, 1.807) is 71.0 Å². The van der Waals surface area contributed by atoms with Crippen LogP contribution in [0.3, 0.4) is 0 Å². The van der Waals surface area contributed by atoms with Gasteiger partial charge in [-0.2, -0.15) is 0 Å². The number of nitrogens with zero attached hydrogens (tertiary/aromatic N) is 1. The van der Waals surface area contributed by atoms with E-state index in [0.717, 1.165) is 4.88 Å². The number of carbonyl (C=O) groups is 1. The number of anilines is 1. The minimum Gasteiger partial charge on any atom is -0.467 e. The van der Waals surface area contributed by atoms with Gasteiger partial charge in [-0.1, -0.05) is 24.3 Å². The third-order valence-electron chi connectivity index (χ3n) is 4.77. The SMILES string of the molecule is Cc1ccc(CN(Cc2ccco2)C(=O)c2cccc(NS(=O)(=O)c3ccccc3)c2)s1. The summed E-state index contributed by atoms with van der Waals surface area (Å²) in [6.45, 7) is 2.76. The van der Waals surface area contributed by atoms with Crippen LogP contribution >= 0.6 is 11.3 Å². The molecule has 2 heterocycles. The lowest BCUT2D eigenvalue weighted by molar-refractivity contribution is 0.0719. The topological polar surface area (TPSA) is 79.6 Å². The molecule has 1 N–H and O–H groups in total. The molecule has 6 nitrogen and oxygen atoms in total. The van der Waals surface area contributed by atoms with Gasteiger partial charge in [0.25, 0.3) is 15.9 Å². The maximum atomic E-state index is 13.4. The monoisotopic (exact) mass is 466 g/mol. The molecule has 1 amide bonds. The Bertz CT molecular complexity index is 1300. The summed E-state index contributed by atoms with van der Waals surface area (Å²) in [6, 6.07) is 22.3. The van der Waals surface area contributed by atoms with Gasteiger partial charge in [-0.15, -0.1) is 11.3 Å². The fraction of sp³-hybridized carbons (Fsp3) is 0.125. The van der Waals surface area contributed by atoms with Crippen LogP contribution in [-0.2, 0) is 23.1 Å². The zero-order valence-electron chi connectivity index (χ0n) is 17.4. The number of carbonyl (C=O) groups excluding carboxylic acids is 1. The van der Waals surface area contributed by atoms with Crippen LogP contribution in [0.5, 0.6) is 0 Å². The second-order valence-electron chi connectivity index (χ2n) is 7.25. The summed E-state index contributed by atoms with van der Waals surface area (Å²) < 4.78 is 33.3. The maximum Gasteiger partial charge on any atom is 0.261 e. The molecule has 0 spiro atoms. The zero-order chi connectivity index (χ0) is 22.6. The number of sulfonamides is 1. The first-order valence-electron chi connectivity index (χ1n) is 9.96. The lowest BCUT2D eigenvalue weighted by Crippen LogP contribution is -2.29. The number of benzene rings is 2. The average molecular weight is 467 g/mol. The number of hydrogen-bond donors (Lipinski definition) is 1. The van der Waals surface area contributed by atoms with E-state index in [1.807, 2.05) is 25.1 Å². The van der Waals surface area contributed by atoms with Crippen molar-refractivity contribution in [1.82, 2.24) is 4.90 Å². The van der Waals surface area contributed by atoms with E-state index in [4.69, 9.17) is 4.42 Å². The number of aryl methyl sites for hydroxylation is 1. The smallest absolute Gasteiger partial charge is 0.261 e. The molecule has 2 aromatic carbocycles. The summed E-state index contributed by atoms with van der Waals surface area (Å²) in [5.74, 6) is 0.459. The molecule has 0 atom stereocenters. The second-order valence-corrected chi connectivity index (χ2v) is 10.3. The van der Waals surface area contributed by atoms with E-state index in [1.165, 1.54) is 17.0 Å². The van der Waals surface area contributed by atoms with Gasteiger partial charge in [0, 0.05) is 21.0 Å². The van der Waals surface area contributed by atoms with E-state index < -0.39 is 10.0 Å². The predicted octanol–water partition coefficient (Wildman–Crippen LogP) is 5.29. The minimum atomic E-state index is -3.75. The van der Waals surface area contributed by atoms with Crippen LogP contribution in [-0.4, -0.2) is 19.2 Å². The van der Waals surface area contributed by atoms with Crippen molar-refractivity contribution in [3.05, 3.63) is 106 Å². The molecule has 0 aliphatic rings. The van der Waals surface area contributed by atoms with Gasteiger partial charge < -0.3 is 9.32 Å². The third kappa shape index (κ3) is 5.27. The van der Waals surface area contributed by atoms with Crippen molar-refractivity contribution in [2.45, 2.75) is 24.9 Å². The van der Waals surface area contributed by atoms with Crippen LogP contribution in [0.1, 0.15) is 25.9 Å². The molecule has 0 fully saturated rings. The van der Waals surface area contributed by atoms with Crippen LogP contribution in [0.2, 0.25) is 0 Å².